The quantitative estimate of drug-likeness (QED) is 0.0597. The number of aliphatic hydroxyl groups is 2. The first-order chi connectivity index (χ1) is 25.4. The van der Waals surface area contributed by atoms with Crippen molar-refractivity contribution in [1.82, 2.24) is 21.1 Å². The lowest BCUT2D eigenvalue weighted by Gasteiger charge is -2.47. The van der Waals surface area contributed by atoms with Crippen LogP contribution in [0, 0.1) is 11.8 Å². The third-order valence-electron chi connectivity index (χ3n) is 9.16. The number of nitrogens with one attached hydrogen (secondary N) is 2. The second-order valence-electron chi connectivity index (χ2n) is 13.9. The number of aromatic hydroxyl groups is 2. The van der Waals surface area contributed by atoms with Crippen molar-refractivity contribution in [3.05, 3.63) is 57.6 Å². The molecule has 0 saturated heterocycles. The SMILES string of the molecule is CC(C)C[C@]([C]=O)([N]C(CO)CCN)c1ccc([C@@](CC(C)C)(C(=O)NC(=O)O)N(NC(=O)O)C(CO)CCN)c2c1C(=O)c1c(O)ccc(O)c1C2=O. The summed E-state index contributed by atoms with van der Waals surface area (Å²) in [5.41, 5.74) is 5.65. The van der Waals surface area contributed by atoms with Gasteiger partial charge in [0.25, 0.3) is 5.91 Å². The van der Waals surface area contributed by atoms with E-state index in [0.717, 1.165) is 23.2 Å². The number of carbonyl (C=O) groups is 5. The monoisotopic (exact) mass is 756 g/mol. The number of ketones is 2. The van der Waals surface area contributed by atoms with Crippen LogP contribution in [0.5, 0.6) is 11.5 Å². The molecule has 1 aliphatic rings. The van der Waals surface area contributed by atoms with E-state index in [0.29, 0.717) is 0 Å². The maximum absolute atomic E-state index is 14.9. The number of nitrogens with zero attached hydrogens (tertiary/aromatic N) is 2. The summed E-state index contributed by atoms with van der Waals surface area (Å²) in [4.78, 5) is 82.1. The number of carboxylic acid groups (broad SMARTS) is 2. The molecular weight excluding hydrogens is 708 g/mol. The van der Waals surface area contributed by atoms with Gasteiger partial charge in [-0.1, -0.05) is 39.8 Å². The Morgan fingerprint density at radius 2 is 1.31 bits per heavy atom. The van der Waals surface area contributed by atoms with E-state index in [2.05, 4.69) is 10.7 Å². The van der Waals surface area contributed by atoms with Crippen molar-refractivity contribution >= 4 is 35.9 Å². The standard InChI is InChI=1S/C36H48N6O12/c1-18(2)13-35(17-45,40-20(15-43)9-11-37)22-5-6-23(27-26(22)30(48)28-24(46)7-8-25(47)29(28)31(27)49)36(14-19(3)4,32(50)39-33(51)52)42(41-34(53)54)21(16-44)10-12-38/h5-8,18-21,41,43-44,46-47H,9-16,37-38H2,1-4H3,(H,39,50)(H,51,52)(H,53,54)/t20?,21?,35-,36+/m1/s1. The molecule has 0 heterocycles. The molecule has 2 aromatic rings. The highest BCUT2D eigenvalue weighted by Gasteiger charge is 2.55. The number of imide groups is 1. The molecule has 294 valence electrons. The average Bonchev–Trinajstić information content (AvgIpc) is 3.10. The fourth-order valence-electron chi connectivity index (χ4n) is 7.25. The van der Waals surface area contributed by atoms with Crippen molar-refractivity contribution in [2.75, 3.05) is 26.3 Å². The van der Waals surface area contributed by atoms with Crippen LogP contribution in [0.2, 0.25) is 0 Å². The first-order valence-electron chi connectivity index (χ1n) is 17.3. The van der Waals surface area contributed by atoms with Crippen molar-refractivity contribution in [2.24, 2.45) is 23.3 Å². The van der Waals surface area contributed by atoms with E-state index in [4.69, 9.17) is 11.5 Å². The topological polar surface area (TPSA) is 317 Å². The van der Waals surface area contributed by atoms with Crippen LogP contribution in [0.1, 0.15) is 96.3 Å². The number of hydrogen-bond donors (Lipinski definition) is 10. The highest BCUT2D eigenvalue weighted by atomic mass is 16.4. The van der Waals surface area contributed by atoms with Gasteiger partial charge in [-0.05, 0) is 73.9 Å². The molecule has 18 heteroatoms. The van der Waals surface area contributed by atoms with Crippen LogP contribution in [0.15, 0.2) is 24.3 Å². The van der Waals surface area contributed by atoms with Crippen molar-refractivity contribution < 1.29 is 59.4 Å². The summed E-state index contributed by atoms with van der Waals surface area (Å²) in [5.74, 6) is -6.13. The number of amides is 3. The molecule has 0 bridgehead atoms. The number of phenolic OH excluding ortho intramolecular Hbond substituents is 2. The van der Waals surface area contributed by atoms with Crippen LogP contribution in [-0.4, -0.2) is 110 Å². The van der Waals surface area contributed by atoms with E-state index in [1.54, 1.807) is 33.0 Å². The number of fused-ring (bicyclic) bond motifs is 2. The Balaban J connectivity index is 2.77. The smallest absolute Gasteiger partial charge is 0.419 e. The zero-order valence-electron chi connectivity index (χ0n) is 30.5. The number of phenols is 2. The van der Waals surface area contributed by atoms with Gasteiger partial charge >= 0.3 is 12.2 Å². The maximum atomic E-state index is 14.9. The fourth-order valence-corrected chi connectivity index (χ4v) is 7.25. The molecule has 2 aromatic carbocycles. The van der Waals surface area contributed by atoms with Crippen LogP contribution in [0.25, 0.3) is 0 Å². The summed E-state index contributed by atoms with van der Waals surface area (Å²) < 4.78 is 0. The molecule has 0 fully saturated rings. The van der Waals surface area contributed by atoms with E-state index in [1.807, 2.05) is 6.29 Å². The van der Waals surface area contributed by atoms with E-state index >= 15 is 0 Å². The van der Waals surface area contributed by atoms with Gasteiger partial charge < -0.3 is 42.1 Å². The van der Waals surface area contributed by atoms with Crippen molar-refractivity contribution in [1.29, 1.82) is 0 Å². The van der Waals surface area contributed by atoms with Crippen molar-refractivity contribution in [3.8, 4) is 11.5 Å². The Morgan fingerprint density at radius 3 is 1.74 bits per heavy atom. The normalized spacial score (nSPS) is 15.9. The lowest BCUT2D eigenvalue weighted by molar-refractivity contribution is -0.142. The van der Waals surface area contributed by atoms with E-state index in [-0.39, 0.29) is 43.8 Å². The molecule has 1 aliphatic carbocycles. The Labute approximate surface area is 311 Å². The molecule has 54 heavy (non-hydrogen) atoms. The summed E-state index contributed by atoms with van der Waals surface area (Å²) in [7, 11) is 0. The molecule has 0 spiro atoms. The van der Waals surface area contributed by atoms with Gasteiger partial charge in [0, 0.05) is 11.1 Å². The second kappa shape index (κ2) is 17.9. The van der Waals surface area contributed by atoms with Crippen molar-refractivity contribution in [3.63, 3.8) is 0 Å². The number of aliphatic hydroxyl groups excluding tert-OH is 2. The second-order valence-corrected chi connectivity index (χ2v) is 13.9. The zero-order chi connectivity index (χ0) is 40.7. The van der Waals surface area contributed by atoms with Gasteiger partial charge in [-0.2, -0.15) is 5.01 Å². The molecule has 2 unspecified atom stereocenters. The third-order valence-corrected chi connectivity index (χ3v) is 9.16. The summed E-state index contributed by atoms with van der Waals surface area (Å²) in [6, 6.07) is 1.93. The first kappa shape index (κ1) is 43.4. The number of hydrogen-bond acceptors (Lipinski definition) is 13. The van der Waals surface area contributed by atoms with Gasteiger partial charge in [-0.25, -0.2) is 14.9 Å². The molecular formula is C36H48N6O12. The highest BCUT2D eigenvalue weighted by molar-refractivity contribution is 6.31. The van der Waals surface area contributed by atoms with Crippen LogP contribution >= 0.6 is 0 Å². The van der Waals surface area contributed by atoms with Gasteiger partial charge in [-0.15, -0.1) is 0 Å². The van der Waals surface area contributed by atoms with E-state index in [1.165, 1.54) is 6.07 Å². The van der Waals surface area contributed by atoms with Crippen LogP contribution < -0.4 is 27.5 Å². The Morgan fingerprint density at radius 1 is 0.796 bits per heavy atom. The average molecular weight is 757 g/mol. The first-order valence-corrected chi connectivity index (χ1v) is 17.3. The lowest BCUT2D eigenvalue weighted by Crippen LogP contribution is -2.67. The Bertz CT molecular complexity index is 1770. The van der Waals surface area contributed by atoms with Crippen LogP contribution in [0.3, 0.4) is 0 Å². The summed E-state index contributed by atoms with van der Waals surface area (Å²) >= 11 is 0. The number of nitrogens with two attached hydrogens (primary N) is 2. The van der Waals surface area contributed by atoms with Gasteiger partial charge in [0.1, 0.15) is 22.6 Å². The molecule has 0 saturated carbocycles. The summed E-state index contributed by atoms with van der Waals surface area (Å²) in [5, 5.41) is 69.7. The fraction of sp³-hybridized carbons (Fsp3) is 0.500. The zero-order valence-corrected chi connectivity index (χ0v) is 30.5. The Kier molecular flexibility index (Phi) is 14.4. The minimum atomic E-state index is -2.59. The largest absolute Gasteiger partial charge is 0.507 e. The van der Waals surface area contributed by atoms with E-state index < -0.39 is 118 Å². The minimum absolute atomic E-state index is 0.0397. The molecule has 2 radical (unpaired) electrons. The molecule has 12 N–H and O–H groups in total. The summed E-state index contributed by atoms with van der Waals surface area (Å²) in [6.07, 6.45) is -2.42. The van der Waals surface area contributed by atoms with Crippen LogP contribution in [-0.2, 0) is 20.7 Å². The Hall–Kier alpha value is -4.98. The maximum Gasteiger partial charge on any atom is 0.419 e. The highest BCUT2D eigenvalue weighted by Crippen LogP contribution is 2.48. The van der Waals surface area contributed by atoms with Gasteiger partial charge in [0.05, 0.1) is 36.4 Å². The minimum Gasteiger partial charge on any atom is -0.507 e. The predicted octanol–water partition coefficient (Wildman–Crippen LogP) is 0.768. The summed E-state index contributed by atoms with van der Waals surface area (Å²) in [6.45, 7) is 5.13. The lowest BCUT2D eigenvalue weighted by atomic mass is 9.68. The number of carbonyl (C=O) groups excluding carboxylic acids is 4. The number of rotatable bonds is 19. The van der Waals surface area contributed by atoms with Gasteiger partial charge in [0.2, 0.25) is 6.29 Å². The number of hydrazine groups is 1. The molecule has 3 rings (SSSR count). The number of benzene rings is 2. The third kappa shape index (κ3) is 8.38. The van der Waals surface area contributed by atoms with Crippen LogP contribution in [0.4, 0.5) is 9.59 Å². The molecule has 0 aliphatic heterocycles. The van der Waals surface area contributed by atoms with Gasteiger partial charge in [0.15, 0.2) is 11.6 Å². The molecule has 18 nitrogen and oxygen atoms in total. The van der Waals surface area contributed by atoms with Gasteiger partial charge in [-0.3, -0.25) is 29.9 Å². The molecule has 3 amide bonds. The predicted molar refractivity (Wildman–Crippen MR) is 191 cm³/mol. The van der Waals surface area contributed by atoms with Crippen molar-refractivity contribution in [2.45, 2.75) is 76.5 Å². The van der Waals surface area contributed by atoms with E-state index in [9.17, 15) is 59.4 Å². The molecule has 0 aromatic heterocycles. The molecule has 4 atom stereocenters.